The highest BCUT2D eigenvalue weighted by Gasteiger charge is 2.25. The number of para-hydroxylation sites is 1. The van der Waals surface area contributed by atoms with E-state index in [1.165, 1.54) is 0 Å². The molecule has 1 saturated heterocycles. The van der Waals surface area contributed by atoms with Crippen LogP contribution in [0.2, 0.25) is 0 Å². The number of epoxide rings is 1. The van der Waals surface area contributed by atoms with Crippen molar-refractivity contribution in [3.05, 3.63) is 65.0 Å². The van der Waals surface area contributed by atoms with E-state index in [4.69, 9.17) is 13.9 Å². The normalized spacial score (nSPS) is 16.6. The summed E-state index contributed by atoms with van der Waals surface area (Å²) >= 11 is 0. The molecule has 1 aliphatic rings. The Morgan fingerprint density at radius 2 is 1.77 bits per heavy atom. The lowest BCUT2D eigenvalue weighted by Crippen LogP contribution is -2.11. The monoisotopic (exact) mass is 294 g/mol. The number of rotatable bonds is 4. The van der Waals surface area contributed by atoms with Crippen LogP contribution in [-0.4, -0.2) is 19.3 Å². The van der Waals surface area contributed by atoms with E-state index in [0.29, 0.717) is 30.1 Å². The van der Waals surface area contributed by atoms with Gasteiger partial charge >= 0.3 is 5.63 Å². The van der Waals surface area contributed by atoms with Crippen molar-refractivity contribution in [3.63, 3.8) is 0 Å². The van der Waals surface area contributed by atoms with Crippen molar-refractivity contribution in [1.29, 1.82) is 0 Å². The van der Waals surface area contributed by atoms with Gasteiger partial charge in [0.2, 0.25) is 0 Å². The van der Waals surface area contributed by atoms with Gasteiger partial charge in [0.1, 0.15) is 29.6 Å². The smallest absolute Gasteiger partial charge is 0.347 e. The molecule has 1 atom stereocenters. The Kier molecular flexibility index (Phi) is 3.16. The number of fused-ring (bicyclic) bond motifs is 1. The van der Waals surface area contributed by atoms with Gasteiger partial charge in [-0.2, -0.15) is 0 Å². The quantitative estimate of drug-likeness (QED) is 0.547. The van der Waals surface area contributed by atoms with Crippen molar-refractivity contribution in [3.8, 4) is 16.9 Å². The molecule has 22 heavy (non-hydrogen) atoms. The van der Waals surface area contributed by atoms with Crippen LogP contribution in [0.15, 0.2) is 63.8 Å². The lowest BCUT2D eigenvalue weighted by molar-refractivity contribution is 0.265. The van der Waals surface area contributed by atoms with E-state index in [-0.39, 0.29) is 6.10 Å². The maximum atomic E-state index is 12.4. The third-order valence-corrected chi connectivity index (χ3v) is 3.64. The van der Waals surface area contributed by atoms with E-state index in [9.17, 15) is 4.79 Å². The van der Waals surface area contributed by atoms with Gasteiger partial charge in [-0.15, -0.1) is 0 Å². The molecule has 0 saturated carbocycles. The molecular weight excluding hydrogens is 280 g/mol. The van der Waals surface area contributed by atoms with Crippen LogP contribution in [0.5, 0.6) is 5.75 Å². The largest absolute Gasteiger partial charge is 0.489 e. The van der Waals surface area contributed by atoms with E-state index in [2.05, 4.69) is 0 Å². The highest BCUT2D eigenvalue weighted by molar-refractivity contribution is 5.90. The first kappa shape index (κ1) is 13.1. The highest BCUT2D eigenvalue weighted by atomic mass is 16.6. The molecule has 1 fully saturated rings. The summed E-state index contributed by atoms with van der Waals surface area (Å²) < 4.78 is 16.6. The molecular formula is C18H14O4. The maximum Gasteiger partial charge on any atom is 0.347 e. The molecule has 0 bridgehead atoms. The first-order valence-corrected chi connectivity index (χ1v) is 7.18. The summed E-state index contributed by atoms with van der Waals surface area (Å²) in [5.41, 5.74) is 1.38. The fourth-order valence-electron chi connectivity index (χ4n) is 2.47. The topological polar surface area (TPSA) is 52.0 Å². The van der Waals surface area contributed by atoms with Gasteiger partial charge in [0, 0.05) is 0 Å². The molecule has 1 aromatic heterocycles. The van der Waals surface area contributed by atoms with Crippen molar-refractivity contribution in [2.24, 2.45) is 0 Å². The molecule has 4 nitrogen and oxygen atoms in total. The summed E-state index contributed by atoms with van der Waals surface area (Å²) in [6, 6.07) is 16.8. The van der Waals surface area contributed by atoms with E-state index >= 15 is 0 Å². The minimum atomic E-state index is -0.392. The predicted octanol–water partition coefficient (Wildman–Crippen LogP) is 3.24. The van der Waals surface area contributed by atoms with Gasteiger partial charge in [-0.25, -0.2) is 4.79 Å². The molecule has 110 valence electrons. The van der Waals surface area contributed by atoms with Crippen LogP contribution in [0, 0.1) is 0 Å². The van der Waals surface area contributed by atoms with Crippen LogP contribution >= 0.6 is 0 Å². The van der Waals surface area contributed by atoms with Crippen LogP contribution in [0.3, 0.4) is 0 Å². The van der Waals surface area contributed by atoms with Gasteiger partial charge in [-0.1, -0.05) is 42.5 Å². The van der Waals surface area contributed by atoms with Crippen molar-refractivity contribution < 1.29 is 13.9 Å². The molecule has 0 N–H and O–H groups in total. The van der Waals surface area contributed by atoms with Gasteiger partial charge in [0.25, 0.3) is 0 Å². The van der Waals surface area contributed by atoms with E-state index in [1.807, 2.05) is 48.5 Å². The molecule has 2 aromatic carbocycles. The zero-order chi connectivity index (χ0) is 14.9. The molecule has 4 rings (SSSR count). The highest BCUT2D eigenvalue weighted by Crippen LogP contribution is 2.34. The van der Waals surface area contributed by atoms with Crippen molar-refractivity contribution in [1.82, 2.24) is 0 Å². The lowest BCUT2D eigenvalue weighted by atomic mass is 10.0. The van der Waals surface area contributed by atoms with E-state index in [0.717, 1.165) is 10.9 Å². The zero-order valence-electron chi connectivity index (χ0n) is 11.8. The van der Waals surface area contributed by atoms with Crippen LogP contribution in [0.1, 0.15) is 0 Å². The van der Waals surface area contributed by atoms with Crippen LogP contribution in [0.25, 0.3) is 22.1 Å². The summed E-state index contributed by atoms with van der Waals surface area (Å²) in [4.78, 5) is 12.4. The Hall–Kier alpha value is -2.59. The third kappa shape index (κ3) is 2.38. The van der Waals surface area contributed by atoms with Gasteiger partial charge in [-0.3, -0.25) is 0 Å². The Balaban J connectivity index is 1.94. The molecule has 3 aromatic rings. The Morgan fingerprint density at radius 3 is 2.55 bits per heavy atom. The summed E-state index contributed by atoms with van der Waals surface area (Å²) in [5.74, 6) is 0.563. The Bertz CT molecular complexity index is 863. The molecule has 1 unspecified atom stereocenters. The van der Waals surface area contributed by atoms with Gasteiger partial charge < -0.3 is 13.9 Å². The standard InChI is InChI=1S/C18H14O4/c19-18-16(12-6-2-1-3-7-12)17(21-11-13-10-20-13)14-8-4-5-9-15(14)22-18/h1-9,13H,10-11H2. The number of ether oxygens (including phenoxy) is 2. The van der Waals surface area contributed by atoms with Crippen LogP contribution in [0.4, 0.5) is 0 Å². The van der Waals surface area contributed by atoms with Crippen LogP contribution < -0.4 is 10.4 Å². The van der Waals surface area contributed by atoms with E-state index in [1.54, 1.807) is 6.07 Å². The maximum absolute atomic E-state index is 12.4. The fraction of sp³-hybridized carbons (Fsp3) is 0.167. The van der Waals surface area contributed by atoms with Gasteiger partial charge in [0.15, 0.2) is 0 Å². The lowest BCUT2D eigenvalue weighted by Gasteiger charge is -2.12. The second-order valence-corrected chi connectivity index (χ2v) is 5.22. The number of hydrogen-bond acceptors (Lipinski definition) is 4. The van der Waals surface area contributed by atoms with Crippen molar-refractivity contribution >= 4 is 11.0 Å². The minimum Gasteiger partial charge on any atom is -0.489 e. The Morgan fingerprint density at radius 1 is 1.05 bits per heavy atom. The molecule has 0 aliphatic carbocycles. The summed E-state index contributed by atoms with van der Waals surface area (Å²) in [7, 11) is 0. The molecule has 0 amide bonds. The second-order valence-electron chi connectivity index (χ2n) is 5.22. The predicted molar refractivity (Wildman–Crippen MR) is 83.2 cm³/mol. The molecule has 2 heterocycles. The third-order valence-electron chi connectivity index (χ3n) is 3.64. The summed E-state index contributed by atoms with van der Waals surface area (Å²) in [6.07, 6.45) is 0.120. The number of hydrogen-bond donors (Lipinski definition) is 0. The Labute approximate surface area is 126 Å². The molecule has 0 radical (unpaired) electrons. The van der Waals surface area contributed by atoms with Crippen LogP contribution in [-0.2, 0) is 4.74 Å². The molecule has 1 aliphatic heterocycles. The average molecular weight is 294 g/mol. The first-order valence-electron chi connectivity index (χ1n) is 7.18. The van der Waals surface area contributed by atoms with Gasteiger partial charge in [0.05, 0.1) is 12.0 Å². The number of benzene rings is 2. The summed E-state index contributed by atoms with van der Waals surface area (Å²) in [5, 5.41) is 0.793. The first-order chi connectivity index (χ1) is 10.8. The molecule has 0 spiro atoms. The minimum absolute atomic E-state index is 0.120. The van der Waals surface area contributed by atoms with E-state index < -0.39 is 5.63 Å². The van der Waals surface area contributed by atoms with Gasteiger partial charge in [-0.05, 0) is 17.7 Å². The SMILES string of the molecule is O=c1oc2ccccc2c(OCC2CO2)c1-c1ccccc1. The van der Waals surface area contributed by atoms with Crippen molar-refractivity contribution in [2.45, 2.75) is 6.10 Å². The van der Waals surface area contributed by atoms with Crippen molar-refractivity contribution in [2.75, 3.05) is 13.2 Å². The molecule has 4 heteroatoms. The zero-order valence-corrected chi connectivity index (χ0v) is 11.8. The average Bonchev–Trinajstić information content (AvgIpc) is 3.37. The summed E-state index contributed by atoms with van der Waals surface area (Å²) in [6.45, 7) is 1.15. The fourth-order valence-corrected chi connectivity index (χ4v) is 2.47. The second kappa shape index (κ2) is 5.31.